The van der Waals surface area contributed by atoms with Crippen LogP contribution in [0.1, 0.15) is 46.5 Å². The maximum Gasteiger partial charge on any atom is 0.306 e. The SMILES string of the molecule is CCCCCC(=O)O[C@@H]1[C@H](O)[C@H](OC[C@H](O)[C@H](O)CO)O[C@H](COC(C)=O)[C@H]1OC(C)=O. The van der Waals surface area contributed by atoms with Gasteiger partial charge in [-0.15, -0.1) is 0 Å². The molecule has 0 radical (unpaired) electrons. The van der Waals surface area contributed by atoms with Crippen molar-refractivity contribution in [1.29, 1.82) is 0 Å². The second kappa shape index (κ2) is 14.3. The van der Waals surface area contributed by atoms with Crippen molar-refractivity contribution in [3.63, 3.8) is 0 Å². The minimum atomic E-state index is -1.64. The molecule has 0 amide bonds. The van der Waals surface area contributed by atoms with Gasteiger partial charge >= 0.3 is 17.9 Å². The maximum absolute atomic E-state index is 12.3. The second-order valence-electron chi connectivity index (χ2n) is 7.47. The summed E-state index contributed by atoms with van der Waals surface area (Å²) >= 11 is 0. The summed E-state index contributed by atoms with van der Waals surface area (Å²) in [5.41, 5.74) is 0. The number of rotatable bonds is 13. The molecule has 0 unspecified atom stereocenters. The Morgan fingerprint density at radius 3 is 2.25 bits per heavy atom. The van der Waals surface area contributed by atoms with E-state index < -0.39 is 80.6 Å². The molecule has 1 aliphatic rings. The molecule has 1 aliphatic heterocycles. The summed E-state index contributed by atoms with van der Waals surface area (Å²) in [5, 5.41) is 38.9. The lowest BCUT2D eigenvalue weighted by molar-refractivity contribution is -0.310. The highest BCUT2D eigenvalue weighted by atomic mass is 16.7. The van der Waals surface area contributed by atoms with E-state index in [0.29, 0.717) is 6.42 Å². The Morgan fingerprint density at radius 2 is 1.69 bits per heavy atom. The summed E-state index contributed by atoms with van der Waals surface area (Å²) in [4.78, 5) is 35.2. The molecule has 0 aromatic heterocycles. The van der Waals surface area contributed by atoms with E-state index in [4.69, 9.17) is 28.8 Å². The van der Waals surface area contributed by atoms with Gasteiger partial charge in [-0.2, -0.15) is 0 Å². The number of ether oxygens (including phenoxy) is 5. The van der Waals surface area contributed by atoms with Gasteiger partial charge in [0.15, 0.2) is 18.5 Å². The predicted octanol–water partition coefficient (Wildman–Crippen LogP) is -1.21. The minimum Gasteiger partial charge on any atom is -0.463 e. The van der Waals surface area contributed by atoms with Gasteiger partial charge in [0, 0.05) is 20.3 Å². The molecule has 0 saturated carbocycles. The highest BCUT2D eigenvalue weighted by Gasteiger charge is 2.50. The number of hydrogen-bond acceptors (Lipinski definition) is 12. The van der Waals surface area contributed by atoms with Crippen LogP contribution < -0.4 is 0 Å². The number of unbranched alkanes of at least 4 members (excludes halogenated alkanes) is 2. The number of aliphatic hydroxyl groups is 4. The number of hydrogen-bond donors (Lipinski definition) is 4. The normalized spacial score (nSPS) is 27.3. The van der Waals surface area contributed by atoms with Gasteiger partial charge in [0.1, 0.15) is 31.0 Å². The third kappa shape index (κ3) is 9.35. The van der Waals surface area contributed by atoms with E-state index in [-0.39, 0.29) is 6.42 Å². The Bertz CT molecular complexity index is 597. The summed E-state index contributed by atoms with van der Waals surface area (Å²) in [6.45, 7) is 2.58. The fourth-order valence-corrected chi connectivity index (χ4v) is 2.99. The lowest BCUT2D eigenvalue weighted by atomic mass is 9.98. The van der Waals surface area contributed by atoms with Crippen LogP contribution in [0.15, 0.2) is 0 Å². The summed E-state index contributed by atoms with van der Waals surface area (Å²) in [6, 6.07) is 0. The molecule has 0 spiro atoms. The minimum absolute atomic E-state index is 0.0756. The van der Waals surface area contributed by atoms with Gasteiger partial charge in [-0.25, -0.2) is 0 Å². The number of carbonyl (C=O) groups excluding carboxylic acids is 3. The van der Waals surface area contributed by atoms with E-state index >= 15 is 0 Å². The third-order valence-electron chi connectivity index (χ3n) is 4.68. The maximum atomic E-state index is 12.3. The fraction of sp³-hybridized carbons (Fsp3) is 0.850. The van der Waals surface area contributed by atoms with E-state index in [2.05, 4.69) is 0 Å². The van der Waals surface area contributed by atoms with Gasteiger partial charge in [0.2, 0.25) is 0 Å². The summed E-state index contributed by atoms with van der Waals surface area (Å²) in [6.07, 6.45) is -7.67. The van der Waals surface area contributed by atoms with Crippen molar-refractivity contribution in [2.24, 2.45) is 0 Å². The molecule has 1 saturated heterocycles. The number of aliphatic hydroxyl groups excluding tert-OH is 4. The van der Waals surface area contributed by atoms with Gasteiger partial charge in [-0.3, -0.25) is 14.4 Å². The molecule has 0 aromatic rings. The van der Waals surface area contributed by atoms with Gasteiger partial charge in [0.25, 0.3) is 0 Å². The highest BCUT2D eigenvalue weighted by molar-refractivity contribution is 5.70. The Hall–Kier alpha value is -1.83. The van der Waals surface area contributed by atoms with Gasteiger partial charge in [-0.1, -0.05) is 19.8 Å². The van der Waals surface area contributed by atoms with Gasteiger partial charge in [0.05, 0.1) is 13.2 Å². The first-order valence-corrected chi connectivity index (χ1v) is 10.5. The first kappa shape index (κ1) is 28.2. The molecule has 0 bridgehead atoms. The van der Waals surface area contributed by atoms with E-state index in [1.54, 1.807) is 0 Å². The van der Waals surface area contributed by atoms with Gasteiger partial charge in [-0.05, 0) is 6.42 Å². The van der Waals surface area contributed by atoms with E-state index in [1.165, 1.54) is 0 Å². The van der Waals surface area contributed by atoms with Crippen molar-refractivity contribution in [3.05, 3.63) is 0 Å². The summed E-state index contributed by atoms with van der Waals surface area (Å²) < 4.78 is 26.4. The van der Waals surface area contributed by atoms with Gasteiger partial charge < -0.3 is 44.1 Å². The van der Waals surface area contributed by atoms with Crippen LogP contribution in [0.3, 0.4) is 0 Å². The molecule has 186 valence electrons. The van der Waals surface area contributed by atoms with Crippen LogP contribution in [-0.4, -0.2) is 101 Å². The average Bonchev–Trinajstić information content (AvgIpc) is 2.73. The molecule has 32 heavy (non-hydrogen) atoms. The first-order valence-electron chi connectivity index (χ1n) is 10.5. The van der Waals surface area contributed by atoms with Crippen molar-refractivity contribution in [2.75, 3.05) is 19.8 Å². The molecule has 1 rings (SSSR count). The average molecular weight is 466 g/mol. The van der Waals surface area contributed by atoms with Crippen LogP contribution >= 0.6 is 0 Å². The molecule has 0 aromatic carbocycles. The lowest BCUT2D eigenvalue weighted by Gasteiger charge is -2.43. The zero-order valence-corrected chi connectivity index (χ0v) is 18.5. The Morgan fingerprint density at radius 1 is 1.00 bits per heavy atom. The van der Waals surface area contributed by atoms with Crippen molar-refractivity contribution in [2.45, 2.75) is 89.4 Å². The Kier molecular flexibility index (Phi) is 12.6. The van der Waals surface area contributed by atoms with Crippen LogP contribution in [0.4, 0.5) is 0 Å². The largest absolute Gasteiger partial charge is 0.463 e. The fourth-order valence-electron chi connectivity index (χ4n) is 2.99. The molecular formula is C20H34O12. The van der Waals surface area contributed by atoms with Crippen LogP contribution in [0.5, 0.6) is 0 Å². The van der Waals surface area contributed by atoms with Crippen molar-refractivity contribution < 1.29 is 58.5 Å². The monoisotopic (exact) mass is 466 g/mol. The number of carbonyl (C=O) groups is 3. The highest BCUT2D eigenvalue weighted by Crippen LogP contribution is 2.28. The molecule has 4 N–H and O–H groups in total. The van der Waals surface area contributed by atoms with Crippen molar-refractivity contribution >= 4 is 17.9 Å². The van der Waals surface area contributed by atoms with Crippen molar-refractivity contribution in [3.8, 4) is 0 Å². The number of esters is 3. The molecular weight excluding hydrogens is 432 g/mol. The molecule has 0 aliphatic carbocycles. The first-order chi connectivity index (χ1) is 15.1. The Labute approximate surface area is 186 Å². The molecule has 1 heterocycles. The summed E-state index contributed by atoms with van der Waals surface area (Å²) in [7, 11) is 0. The van der Waals surface area contributed by atoms with Crippen LogP contribution in [-0.2, 0) is 38.1 Å². The zero-order valence-electron chi connectivity index (χ0n) is 18.5. The molecule has 12 heteroatoms. The third-order valence-corrected chi connectivity index (χ3v) is 4.68. The second-order valence-corrected chi connectivity index (χ2v) is 7.47. The van der Waals surface area contributed by atoms with E-state index in [9.17, 15) is 29.7 Å². The summed E-state index contributed by atoms with van der Waals surface area (Å²) in [5.74, 6) is -2.03. The Balaban J connectivity index is 3.04. The zero-order chi connectivity index (χ0) is 24.3. The van der Waals surface area contributed by atoms with Crippen LogP contribution in [0.25, 0.3) is 0 Å². The van der Waals surface area contributed by atoms with Crippen LogP contribution in [0, 0.1) is 0 Å². The smallest absolute Gasteiger partial charge is 0.306 e. The molecule has 1 fully saturated rings. The standard InChI is InChI=1S/C20H34O12/c1-4-5-6-7-16(26)32-19-17(27)20(29-9-14(25)13(24)8-21)31-15(10-28-11(2)22)18(19)30-12(3)23/h13-15,17-21,24-25,27H,4-10H2,1-3H3/t13-,14+,15-,17+,18-,19-,20-/m1/s1. The molecule has 7 atom stereocenters. The lowest BCUT2D eigenvalue weighted by Crippen LogP contribution is -2.62. The van der Waals surface area contributed by atoms with Crippen LogP contribution in [0.2, 0.25) is 0 Å². The van der Waals surface area contributed by atoms with E-state index in [0.717, 1.165) is 26.7 Å². The van der Waals surface area contributed by atoms with E-state index in [1.807, 2.05) is 6.92 Å². The predicted molar refractivity (Wildman–Crippen MR) is 106 cm³/mol. The topological polar surface area (TPSA) is 178 Å². The van der Waals surface area contributed by atoms with Crippen molar-refractivity contribution in [1.82, 2.24) is 0 Å². The quantitative estimate of drug-likeness (QED) is 0.145. The molecule has 12 nitrogen and oxygen atoms in total.